The molecule has 1 saturated heterocycles. The van der Waals surface area contributed by atoms with Crippen LogP contribution in [-0.2, 0) is 16.6 Å². The van der Waals surface area contributed by atoms with Gasteiger partial charge in [-0.25, -0.2) is 0 Å². The van der Waals surface area contributed by atoms with Gasteiger partial charge in [0.1, 0.15) is 6.10 Å². The second-order valence-electron chi connectivity index (χ2n) is 6.43. The quantitative estimate of drug-likeness (QED) is 0.865. The lowest BCUT2D eigenvalue weighted by Crippen LogP contribution is -2.53. The van der Waals surface area contributed by atoms with Crippen molar-refractivity contribution in [2.45, 2.75) is 32.9 Å². The van der Waals surface area contributed by atoms with E-state index in [4.69, 9.17) is 10.5 Å². The number of amides is 1. The topological polar surface area (TPSA) is 73.4 Å². The van der Waals surface area contributed by atoms with Gasteiger partial charge in [-0.1, -0.05) is 20.8 Å². The first-order valence-corrected chi connectivity index (χ1v) is 6.93. The van der Waals surface area contributed by atoms with Gasteiger partial charge in [-0.3, -0.25) is 9.48 Å². The minimum atomic E-state index is -0.491. The van der Waals surface area contributed by atoms with Gasteiger partial charge in [0.15, 0.2) is 0 Å². The summed E-state index contributed by atoms with van der Waals surface area (Å²) in [6.45, 7) is 7.60. The van der Waals surface area contributed by atoms with Crippen LogP contribution in [-0.4, -0.2) is 46.3 Å². The molecule has 2 atom stereocenters. The van der Waals surface area contributed by atoms with Crippen LogP contribution in [0, 0.1) is 5.41 Å². The van der Waals surface area contributed by atoms with Gasteiger partial charge in [0, 0.05) is 25.4 Å². The smallest absolute Gasteiger partial charge is 0.240 e. The summed E-state index contributed by atoms with van der Waals surface area (Å²) in [7, 11) is 1.87. The van der Waals surface area contributed by atoms with Crippen LogP contribution < -0.4 is 5.73 Å². The Morgan fingerprint density at radius 2 is 2.25 bits per heavy atom. The molecule has 1 aliphatic rings. The lowest BCUT2D eigenvalue weighted by Gasteiger charge is -2.37. The highest BCUT2D eigenvalue weighted by Gasteiger charge is 2.34. The minimum Gasteiger partial charge on any atom is -0.370 e. The predicted molar refractivity (Wildman–Crippen MR) is 75.9 cm³/mol. The Morgan fingerprint density at radius 1 is 1.55 bits per heavy atom. The van der Waals surface area contributed by atoms with Crippen molar-refractivity contribution in [3.63, 3.8) is 0 Å². The second-order valence-corrected chi connectivity index (χ2v) is 6.43. The van der Waals surface area contributed by atoms with Gasteiger partial charge in [-0.2, -0.15) is 5.10 Å². The summed E-state index contributed by atoms with van der Waals surface area (Å²) in [5, 5.41) is 4.14. The number of hydrogen-bond acceptors (Lipinski definition) is 4. The number of carbonyl (C=O) groups excluding carboxylic acids is 1. The molecule has 1 aliphatic heterocycles. The average Bonchev–Trinajstić information content (AvgIpc) is 2.83. The minimum absolute atomic E-state index is 0.00492. The molecule has 2 heterocycles. The highest BCUT2D eigenvalue weighted by molar-refractivity contribution is 5.82. The fourth-order valence-corrected chi connectivity index (χ4v) is 2.22. The van der Waals surface area contributed by atoms with E-state index in [0.29, 0.717) is 19.7 Å². The van der Waals surface area contributed by atoms with E-state index in [9.17, 15) is 4.79 Å². The van der Waals surface area contributed by atoms with Gasteiger partial charge in [0.05, 0.1) is 25.4 Å². The fraction of sp³-hybridized carbons (Fsp3) is 0.714. The second kappa shape index (κ2) is 5.54. The van der Waals surface area contributed by atoms with Crippen LogP contribution in [0.1, 0.15) is 32.4 Å². The molecular weight excluding hydrogens is 256 g/mol. The first kappa shape index (κ1) is 15.0. The summed E-state index contributed by atoms with van der Waals surface area (Å²) < 4.78 is 7.47. The molecule has 6 heteroatoms. The lowest BCUT2D eigenvalue weighted by atomic mass is 9.86. The molecule has 0 radical (unpaired) electrons. The fourth-order valence-electron chi connectivity index (χ4n) is 2.22. The van der Waals surface area contributed by atoms with Crippen LogP contribution in [0.15, 0.2) is 12.4 Å². The van der Waals surface area contributed by atoms with Gasteiger partial charge in [-0.15, -0.1) is 0 Å². The Bertz CT molecular complexity index is 478. The van der Waals surface area contributed by atoms with E-state index in [0.717, 1.165) is 5.56 Å². The molecule has 0 spiro atoms. The zero-order valence-corrected chi connectivity index (χ0v) is 12.7. The number of aryl methyl sites for hydroxylation is 1. The maximum Gasteiger partial charge on any atom is 0.240 e. The SMILES string of the molecule is Cn1cc(C2CN(C(=O)[C@@H](N)C(C)(C)C)CCO2)cn1. The van der Waals surface area contributed by atoms with Crippen LogP contribution in [0.5, 0.6) is 0 Å². The van der Waals surface area contributed by atoms with E-state index < -0.39 is 6.04 Å². The molecule has 1 aromatic rings. The molecule has 0 saturated carbocycles. The summed E-state index contributed by atoms with van der Waals surface area (Å²) in [4.78, 5) is 14.3. The number of carbonyl (C=O) groups is 1. The number of morpholine rings is 1. The number of nitrogens with zero attached hydrogens (tertiary/aromatic N) is 3. The molecule has 2 N–H and O–H groups in total. The largest absolute Gasteiger partial charge is 0.370 e. The van der Waals surface area contributed by atoms with E-state index in [1.807, 2.05) is 34.0 Å². The van der Waals surface area contributed by atoms with Crippen molar-refractivity contribution in [2.24, 2.45) is 18.2 Å². The van der Waals surface area contributed by atoms with Crippen LogP contribution in [0.3, 0.4) is 0 Å². The number of aromatic nitrogens is 2. The monoisotopic (exact) mass is 280 g/mol. The average molecular weight is 280 g/mol. The van der Waals surface area contributed by atoms with Crippen LogP contribution in [0.25, 0.3) is 0 Å². The molecule has 0 aromatic carbocycles. The van der Waals surface area contributed by atoms with E-state index in [1.165, 1.54) is 0 Å². The number of rotatable bonds is 2. The van der Waals surface area contributed by atoms with Gasteiger partial charge in [0.2, 0.25) is 5.91 Å². The van der Waals surface area contributed by atoms with Gasteiger partial charge in [-0.05, 0) is 5.41 Å². The maximum atomic E-state index is 12.5. The third kappa shape index (κ3) is 3.19. The van der Waals surface area contributed by atoms with Crippen molar-refractivity contribution in [1.82, 2.24) is 14.7 Å². The zero-order valence-electron chi connectivity index (χ0n) is 12.7. The number of nitrogens with two attached hydrogens (primary N) is 1. The Balaban J connectivity index is 2.05. The number of ether oxygens (including phenoxy) is 1. The molecule has 2 rings (SSSR count). The van der Waals surface area contributed by atoms with Crippen molar-refractivity contribution in [3.05, 3.63) is 18.0 Å². The molecule has 1 amide bonds. The van der Waals surface area contributed by atoms with Gasteiger partial charge in [0.25, 0.3) is 0 Å². The molecule has 6 nitrogen and oxygen atoms in total. The highest BCUT2D eigenvalue weighted by Crippen LogP contribution is 2.24. The lowest BCUT2D eigenvalue weighted by molar-refractivity contribution is -0.142. The highest BCUT2D eigenvalue weighted by atomic mass is 16.5. The predicted octanol–water partition coefficient (Wildman–Crippen LogP) is 0.693. The van der Waals surface area contributed by atoms with E-state index in [2.05, 4.69) is 5.10 Å². The first-order valence-electron chi connectivity index (χ1n) is 6.93. The molecule has 20 heavy (non-hydrogen) atoms. The summed E-state index contributed by atoms with van der Waals surface area (Å²) in [6, 6.07) is -0.491. The third-order valence-corrected chi connectivity index (χ3v) is 3.67. The van der Waals surface area contributed by atoms with Crippen molar-refractivity contribution >= 4 is 5.91 Å². The normalized spacial score (nSPS) is 21.9. The summed E-state index contributed by atoms with van der Waals surface area (Å²) >= 11 is 0. The van der Waals surface area contributed by atoms with E-state index in [-0.39, 0.29) is 17.4 Å². The van der Waals surface area contributed by atoms with Crippen LogP contribution >= 0.6 is 0 Å². The third-order valence-electron chi connectivity index (χ3n) is 3.67. The zero-order chi connectivity index (χ0) is 14.9. The van der Waals surface area contributed by atoms with Crippen molar-refractivity contribution in [3.8, 4) is 0 Å². The van der Waals surface area contributed by atoms with Crippen molar-refractivity contribution < 1.29 is 9.53 Å². The molecule has 1 aromatic heterocycles. The Kier molecular flexibility index (Phi) is 4.15. The molecule has 1 fully saturated rings. The van der Waals surface area contributed by atoms with Crippen molar-refractivity contribution in [1.29, 1.82) is 0 Å². The van der Waals surface area contributed by atoms with Crippen molar-refractivity contribution in [2.75, 3.05) is 19.7 Å². The standard InChI is InChI=1S/C14H24N4O2/c1-14(2,3)12(15)13(19)18-5-6-20-11(9-18)10-7-16-17(4)8-10/h7-8,11-12H,5-6,9,15H2,1-4H3/t11?,12-/m1/s1. The van der Waals surface area contributed by atoms with Crippen LogP contribution in [0.4, 0.5) is 0 Å². The van der Waals surface area contributed by atoms with E-state index in [1.54, 1.807) is 15.8 Å². The molecule has 0 aliphatic carbocycles. The molecule has 112 valence electrons. The molecule has 1 unspecified atom stereocenters. The maximum absolute atomic E-state index is 12.5. The number of hydrogen-bond donors (Lipinski definition) is 1. The summed E-state index contributed by atoms with van der Waals surface area (Å²) in [6.07, 6.45) is 3.58. The van der Waals surface area contributed by atoms with Gasteiger partial charge >= 0.3 is 0 Å². The Labute approximate surface area is 119 Å². The van der Waals surface area contributed by atoms with Crippen LogP contribution in [0.2, 0.25) is 0 Å². The van der Waals surface area contributed by atoms with E-state index >= 15 is 0 Å². The summed E-state index contributed by atoms with van der Waals surface area (Å²) in [5.41, 5.74) is 6.82. The molecular formula is C14H24N4O2. The molecule has 0 bridgehead atoms. The first-order chi connectivity index (χ1) is 9.29. The summed E-state index contributed by atoms with van der Waals surface area (Å²) in [5.74, 6) is -0.00492. The van der Waals surface area contributed by atoms with Gasteiger partial charge < -0.3 is 15.4 Å². The Hall–Kier alpha value is -1.40. The Morgan fingerprint density at radius 3 is 2.80 bits per heavy atom.